The number of benzene rings is 2. The molecule has 2 aromatic rings. The van der Waals surface area contributed by atoms with Crippen LogP contribution in [-0.2, 0) is 0 Å². The van der Waals surface area contributed by atoms with Crippen molar-refractivity contribution in [2.24, 2.45) is 0 Å². The molecule has 4 N–H and O–H groups in total. The smallest absolute Gasteiger partial charge is 0.335 e. The summed E-state index contributed by atoms with van der Waals surface area (Å²) in [6, 6.07) is 10.1. The zero-order valence-electron chi connectivity index (χ0n) is 10.3. The molecule has 0 radical (unpaired) electrons. The summed E-state index contributed by atoms with van der Waals surface area (Å²) in [4.78, 5) is 10.8. The highest BCUT2D eigenvalue weighted by Gasteiger charge is 2.09. The van der Waals surface area contributed by atoms with E-state index in [1.807, 2.05) is 19.1 Å². The van der Waals surface area contributed by atoms with E-state index < -0.39 is 5.97 Å². The number of para-hydroxylation sites is 1. The Morgan fingerprint density at radius 2 is 2.05 bits per heavy atom. The van der Waals surface area contributed by atoms with Gasteiger partial charge in [-0.25, -0.2) is 4.79 Å². The number of carboxylic acid groups (broad SMARTS) is 1. The Labute approximate surface area is 115 Å². The van der Waals surface area contributed by atoms with Crippen molar-refractivity contribution < 1.29 is 9.90 Å². The third-order valence-corrected chi connectivity index (χ3v) is 3.10. The van der Waals surface area contributed by atoms with Crippen molar-refractivity contribution in [2.45, 2.75) is 6.92 Å². The number of hydrogen-bond acceptors (Lipinski definition) is 3. The summed E-state index contributed by atoms with van der Waals surface area (Å²) >= 11 is 6.12. The lowest BCUT2D eigenvalue weighted by Crippen LogP contribution is -2.02. The van der Waals surface area contributed by atoms with E-state index in [9.17, 15) is 4.79 Å². The van der Waals surface area contributed by atoms with Crippen LogP contribution in [0.3, 0.4) is 0 Å². The lowest BCUT2D eigenvalue weighted by molar-refractivity contribution is 0.0697. The summed E-state index contributed by atoms with van der Waals surface area (Å²) in [6.07, 6.45) is 0. The van der Waals surface area contributed by atoms with Gasteiger partial charge in [-0.3, -0.25) is 0 Å². The van der Waals surface area contributed by atoms with Crippen molar-refractivity contribution in [3.05, 3.63) is 52.5 Å². The van der Waals surface area contributed by atoms with Crippen LogP contribution in [0.1, 0.15) is 15.9 Å². The van der Waals surface area contributed by atoms with Crippen LogP contribution in [0.5, 0.6) is 0 Å². The number of nitrogens with one attached hydrogen (secondary N) is 1. The van der Waals surface area contributed by atoms with E-state index in [-0.39, 0.29) is 5.56 Å². The molecule has 0 saturated carbocycles. The highest BCUT2D eigenvalue weighted by molar-refractivity contribution is 6.33. The van der Waals surface area contributed by atoms with Gasteiger partial charge in [-0.05, 0) is 36.8 Å². The number of hydrogen-bond donors (Lipinski definition) is 3. The van der Waals surface area contributed by atoms with Crippen molar-refractivity contribution >= 4 is 34.6 Å². The Balaban J connectivity index is 2.36. The van der Waals surface area contributed by atoms with Crippen LogP contribution in [-0.4, -0.2) is 11.1 Å². The molecule has 2 rings (SSSR count). The molecular formula is C14H13ClN2O2. The quantitative estimate of drug-likeness (QED) is 0.748. The van der Waals surface area contributed by atoms with Crippen LogP contribution in [0.15, 0.2) is 36.4 Å². The second-order valence-electron chi connectivity index (χ2n) is 4.16. The van der Waals surface area contributed by atoms with Crippen molar-refractivity contribution in [3.63, 3.8) is 0 Å². The Hall–Kier alpha value is -2.20. The van der Waals surface area contributed by atoms with E-state index in [2.05, 4.69) is 5.32 Å². The van der Waals surface area contributed by atoms with E-state index >= 15 is 0 Å². The van der Waals surface area contributed by atoms with Crippen molar-refractivity contribution in [2.75, 3.05) is 11.1 Å². The van der Waals surface area contributed by atoms with Gasteiger partial charge in [0, 0.05) is 0 Å². The Kier molecular flexibility index (Phi) is 3.62. The molecule has 0 atom stereocenters. The highest BCUT2D eigenvalue weighted by atomic mass is 35.5. The zero-order chi connectivity index (χ0) is 14.0. The van der Waals surface area contributed by atoms with Crippen LogP contribution < -0.4 is 11.1 Å². The van der Waals surface area contributed by atoms with Gasteiger partial charge in [-0.1, -0.05) is 23.7 Å². The molecule has 0 aromatic heterocycles. The zero-order valence-corrected chi connectivity index (χ0v) is 11.0. The first kappa shape index (κ1) is 13.2. The molecule has 0 amide bonds. The fourth-order valence-electron chi connectivity index (χ4n) is 1.73. The SMILES string of the molecule is Cc1cccc(Cl)c1Nc1ccc(C(=O)O)cc1N. The molecule has 0 fully saturated rings. The van der Waals surface area contributed by atoms with Gasteiger partial charge in [-0.2, -0.15) is 0 Å². The topological polar surface area (TPSA) is 75.3 Å². The summed E-state index contributed by atoms with van der Waals surface area (Å²) in [6.45, 7) is 1.93. The van der Waals surface area contributed by atoms with Crippen molar-refractivity contribution in [3.8, 4) is 0 Å². The number of nitrogens with two attached hydrogens (primary N) is 1. The molecule has 19 heavy (non-hydrogen) atoms. The molecule has 0 aliphatic rings. The number of aryl methyl sites for hydroxylation is 1. The lowest BCUT2D eigenvalue weighted by Gasteiger charge is -2.13. The van der Waals surface area contributed by atoms with Gasteiger partial charge in [0.2, 0.25) is 0 Å². The van der Waals surface area contributed by atoms with Crippen LogP contribution in [0.4, 0.5) is 17.1 Å². The van der Waals surface area contributed by atoms with Gasteiger partial charge in [0.05, 0.1) is 27.6 Å². The summed E-state index contributed by atoms with van der Waals surface area (Å²) in [5.74, 6) is -1.01. The molecule has 0 saturated heterocycles. The summed E-state index contributed by atoms with van der Waals surface area (Å²) in [5, 5.41) is 12.6. The number of nitrogen functional groups attached to an aromatic ring is 1. The fraction of sp³-hybridized carbons (Fsp3) is 0.0714. The van der Waals surface area contributed by atoms with E-state index in [0.717, 1.165) is 11.3 Å². The van der Waals surface area contributed by atoms with E-state index in [1.165, 1.54) is 12.1 Å². The van der Waals surface area contributed by atoms with Crippen LogP contribution in [0.2, 0.25) is 5.02 Å². The molecule has 0 spiro atoms. The minimum Gasteiger partial charge on any atom is -0.478 e. The number of carboxylic acids is 1. The van der Waals surface area contributed by atoms with Crippen molar-refractivity contribution in [1.82, 2.24) is 0 Å². The Morgan fingerprint density at radius 3 is 2.63 bits per heavy atom. The number of halogens is 1. The minimum atomic E-state index is -1.01. The maximum atomic E-state index is 10.8. The van der Waals surface area contributed by atoms with Crippen LogP contribution in [0, 0.1) is 6.92 Å². The molecule has 0 bridgehead atoms. The van der Waals surface area contributed by atoms with Gasteiger partial charge in [0.1, 0.15) is 0 Å². The second kappa shape index (κ2) is 5.20. The normalized spacial score (nSPS) is 10.2. The molecule has 0 aliphatic carbocycles. The summed E-state index contributed by atoms with van der Waals surface area (Å²) in [7, 11) is 0. The maximum Gasteiger partial charge on any atom is 0.335 e. The summed E-state index contributed by atoms with van der Waals surface area (Å²) < 4.78 is 0. The minimum absolute atomic E-state index is 0.152. The molecule has 0 heterocycles. The molecule has 98 valence electrons. The van der Waals surface area contributed by atoms with Gasteiger partial charge < -0.3 is 16.2 Å². The summed E-state index contributed by atoms with van der Waals surface area (Å²) in [5.41, 5.74) is 8.72. The first-order valence-electron chi connectivity index (χ1n) is 5.64. The lowest BCUT2D eigenvalue weighted by atomic mass is 10.1. The van der Waals surface area contributed by atoms with Crippen LogP contribution in [0.25, 0.3) is 0 Å². The Bertz CT molecular complexity index is 621. The standard InChI is InChI=1S/C14H13ClN2O2/c1-8-3-2-4-10(15)13(8)17-12-6-5-9(14(18)19)7-11(12)16/h2-7,17H,16H2,1H3,(H,18,19). The second-order valence-corrected chi connectivity index (χ2v) is 4.57. The molecule has 4 nitrogen and oxygen atoms in total. The van der Waals surface area contributed by atoms with E-state index in [4.69, 9.17) is 22.4 Å². The average molecular weight is 277 g/mol. The number of aromatic carboxylic acids is 1. The first-order valence-corrected chi connectivity index (χ1v) is 6.02. The fourth-order valence-corrected chi connectivity index (χ4v) is 2.00. The van der Waals surface area contributed by atoms with Gasteiger partial charge in [0.25, 0.3) is 0 Å². The number of anilines is 3. The number of carbonyl (C=O) groups is 1. The van der Waals surface area contributed by atoms with E-state index in [0.29, 0.717) is 16.4 Å². The van der Waals surface area contributed by atoms with E-state index in [1.54, 1.807) is 12.1 Å². The third kappa shape index (κ3) is 2.80. The van der Waals surface area contributed by atoms with Crippen LogP contribution >= 0.6 is 11.6 Å². The predicted molar refractivity (Wildman–Crippen MR) is 77.3 cm³/mol. The maximum absolute atomic E-state index is 10.8. The van der Waals surface area contributed by atoms with Gasteiger partial charge >= 0.3 is 5.97 Å². The predicted octanol–water partition coefficient (Wildman–Crippen LogP) is 3.67. The molecular weight excluding hydrogens is 264 g/mol. The largest absolute Gasteiger partial charge is 0.478 e. The number of rotatable bonds is 3. The average Bonchev–Trinajstić information content (AvgIpc) is 2.35. The molecule has 5 heteroatoms. The molecule has 0 unspecified atom stereocenters. The van der Waals surface area contributed by atoms with Gasteiger partial charge in [0.15, 0.2) is 0 Å². The first-order chi connectivity index (χ1) is 8.99. The van der Waals surface area contributed by atoms with Gasteiger partial charge in [-0.15, -0.1) is 0 Å². The third-order valence-electron chi connectivity index (χ3n) is 2.78. The van der Waals surface area contributed by atoms with Crippen molar-refractivity contribution in [1.29, 1.82) is 0 Å². The monoisotopic (exact) mass is 276 g/mol. The molecule has 2 aromatic carbocycles. The highest BCUT2D eigenvalue weighted by Crippen LogP contribution is 2.31. The Morgan fingerprint density at radius 1 is 1.32 bits per heavy atom. The molecule has 0 aliphatic heterocycles.